The molecule has 5 nitrogen and oxygen atoms in total. The number of rotatable bonds is 3. The predicted octanol–water partition coefficient (Wildman–Crippen LogP) is 4.10. The molecule has 0 aliphatic carbocycles. The molecule has 0 spiro atoms. The highest BCUT2D eigenvalue weighted by Crippen LogP contribution is 2.30. The smallest absolute Gasteiger partial charge is 0.256 e. The minimum absolute atomic E-state index is 0.0977. The van der Waals surface area contributed by atoms with Gasteiger partial charge in [0.2, 0.25) is 5.91 Å². The molecule has 4 rings (SSSR count). The van der Waals surface area contributed by atoms with E-state index < -0.39 is 0 Å². The SMILES string of the molecule is Cc1nc(SCC(=O)N2CCc3[nH]c4ccc(Cl)cc4c3C2)oc1C. The Morgan fingerprint density at radius 3 is 3.04 bits per heavy atom. The minimum Gasteiger partial charge on any atom is -0.437 e. The van der Waals surface area contributed by atoms with Gasteiger partial charge in [0.25, 0.3) is 5.22 Å². The van der Waals surface area contributed by atoms with Gasteiger partial charge >= 0.3 is 0 Å². The molecule has 0 atom stereocenters. The zero-order chi connectivity index (χ0) is 17.6. The van der Waals surface area contributed by atoms with E-state index in [-0.39, 0.29) is 5.91 Å². The first-order valence-electron chi connectivity index (χ1n) is 8.15. The fourth-order valence-electron chi connectivity index (χ4n) is 3.12. The molecular weight excluding hydrogens is 358 g/mol. The molecule has 1 amide bonds. The monoisotopic (exact) mass is 375 g/mol. The van der Waals surface area contributed by atoms with Crippen LogP contribution in [0.15, 0.2) is 27.8 Å². The molecule has 0 unspecified atom stereocenters. The molecule has 130 valence electrons. The first kappa shape index (κ1) is 16.5. The number of benzene rings is 1. The van der Waals surface area contributed by atoms with E-state index in [0.717, 1.165) is 35.3 Å². The molecule has 1 aliphatic rings. The summed E-state index contributed by atoms with van der Waals surface area (Å²) in [6.45, 7) is 5.11. The molecule has 3 aromatic rings. The molecule has 0 fully saturated rings. The average molecular weight is 376 g/mol. The highest BCUT2D eigenvalue weighted by atomic mass is 35.5. The van der Waals surface area contributed by atoms with E-state index in [1.807, 2.05) is 36.9 Å². The number of hydrogen-bond acceptors (Lipinski definition) is 4. The van der Waals surface area contributed by atoms with E-state index in [1.54, 1.807) is 0 Å². The number of halogens is 1. The summed E-state index contributed by atoms with van der Waals surface area (Å²) in [4.78, 5) is 22.2. The van der Waals surface area contributed by atoms with Crippen LogP contribution in [-0.4, -0.2) is 33.1 Å². The van der Waals surface area contributed by atoms with E-state index in [2.05, 4.69) is 9.97 Å². The van der Waals surface area contributed by atoms with Crippen molar-refractivity contribution in [3.63, 3.8) is 0 Å². The highest BCUT2D eigenvalue weighted by Gasteiger charge is 2.24. The van der Waals surface area contributed by atoms with Crippen molar-refractivity contribution in [2.45, 2.75) is 32.0 Å². The maximum Gasteiger partial charge on any atom is 0.256 e. The van der Waals surface area contributed by atoms with Crippen molar-refractivity contribution in [2.75, 3.05) is 12.3 Å². The minimum atomic E-state index is 0.0977. The van der Waals surface area contributed by atoms with Gasteiger partial charge < -0.3 is 14.3 Å². The first-order chi connectivity index (χ1) is 12.0. The third-order valence-electron chi connectivity index (χ3n) is 4.62. The lowest BCUT2D eigenvalue weighted by atomic mass is 10.0. The van der Waals surface area contributed by atoms with Crippen LogP contribution in [0.2, 0.25) is 5.02 Å². The maximum atomic E-state index is 12.6. The summed E-state index contributed by atoms with van der Waals surface area (Å²) in [5.74, 6) is 1.23. The first-order valence-corrected chi connectivity index (χ1v) is 9.51. The number of oxazole rings is 1. The van der Waals surface area contributed by atoms with Crippen LogP contribution in [-0.2, 0) is 17.8 Å². The van der Waals surface area contributed by atoms with Crippen LogP contribution in [0.1, 0.15) is 22.7 Å². The lowest BCUT2D eigenvalue weighted by molar-refractivity contribution is -0.129. The fourth-order valence-corrected chi connectivity index (χ4v) is 4.11. The van der Waals surface area contributed by atoms with Crippen molar-refractivity contribution in [3.05, 3.63) is 45.9 Å². The molecule has 2 aromatic heterocycles. The van der Waals surface area contributed by atoms with Gasteiger partial charge in [-0.3, -0.25) is 4.79 Å². The fraction of sp³-hybridized carbons (Fsp3) is 0.333. The van der Waals surface area contributed by atoms with Crippen molar-refractivity contribution in [1.29, 1.82) is 0 Å². The van der Waals surface area contributed by atoms with Crippen molar-refractivity contribution >= 4 is 40.2 Å². The second-order valence-corrected chi connectivity index (χ2v) is 7.61. The van der Waals surface area contributed by atoms with Gasteiger partial charge in [0.15, 0.2) is 0 Å². The van der Waals surface area contributed by atoms with Crippen LogP contribution >= 0.6 is 23.4 Å². The highest BCUT2D eigenvalue weighted by molar-refractivity contribution is 7.99. The molecule has 0 saturated heterocycles. The van der Waals surface area contributed by atoms with Crippen LogP contribution in [0.4, 0.5) is 0 Å². The zero-order valence-corrected chi connectivity index (χ0v) is 15.6. The van der Waals surface area contributed by atoms with Gasteiger partial charge in [0.05, 0.1) is 11.4 Å². The molecule has 3 heterocycles. The molecule has 1 aliphatic heterocycles. The number of aryl methyl sites for hydroxylation is 2. The quantitative estimate of drug-likeness (QED) is 0.700. The third kappa shape index (κ3) is 3.16. The maximum absolute atomic E-state index is 12.6. The van der Waals surface area contributed by atoms with E-state index in [9.17, 15) is 4.79 Å². The number of amides is 1. The van der Waals surface area contributed by atoms with Crippen LogP contribution < -0.4 is 0 Å². The number of thioether (sulfide) groups is 1. The molecular formula is C18H18ClN3O2S. The van der Waals surface area contributed by atoms with Crippen LogP contribution in [0, 0.1) is 13.8 Å². The predicted molar refractivity (Wildman–Crippen MR) is 99.1 cm³/mol. The largest absolute Gasteiger partial charge is 0.437 e. The Morgan fingerprint density at radius 1 is 1.44 bits per heavy atom. The number of nitrogens with one attached hydrogen (secondary N) is 1. The van der Waals surface area contributed by atoms with Gasteiger partial charge in [-0.15, -0.1) is 0 Å². The Morgan fingerprint density at radius 2 is 2.28 bits per heavy atom. The summed E-state index contributed by atoms with van der Waals surface area (Å²) in [5, 5.41) is 2.37. The number of fused-ring (bicyclic) bond motifs is 3. The Labute approximate surface area is 154 Å². The average Bonchev–Trinajstić information content (AvgIpc) is 3.11. The van der Waals surface area contributed by atoms with Crippen molar-refractivity contribution in [2.24, 2.45) is 0 Å². The zero-order valence-electron chi connectivity index (χ0n) is 14.1. The van der Waals surface area contributed by atoms with E-state index in [0.29, 0.717) is 22.5 Å². The molecule has 1 aromatic carbocycles. The Balaban J connectivity index is 1.48. The van der Waals surface area contributed by atoms with E-state index in [4.69, 9.17) is 16.0 Å². The van der Waals surface area contributed by atoms with Gasteiger partial charge in [-0.1, -0.05) is 23.4 Å². The van der Waals surface area contributed by atoms with Crippen molar-refractivity contribution in [3.8, 4) is 0 Å². The van der Waals surface area contributed by atoms with Gasteiger partial charge in [0, 0.05) is 46.7 Å². The number of nitrogens with zero attached hydrogens (tertiary/aromatic N) is 2. The third-order valence-corrected chi connectivity index (χ3v) is 5.67. The van der Waals surface area contributed by atoms with Gasteiger partial charge in [-0.2, -0.15) is 0 Å². The number of aromatic amines is 1. The second kappa shape index (κ2) is 6.42. The van der Waals surface area contributed by atoms with Crippen LogP contribution in [0.25, 0.3) is 10.9 Å². The van der Waals surface area contributed by atoms with Gasteiger partial charge in [0.1, 0.15) is 5.76 Å². The van der Waals surface area contributed by atoms with Crippen molar-refractivity contribution in [1.82, 2.24) is 14.9 Å². The molecule has 0 radical (unpaired) electrons. The normalized spacial score (nSPS) is 14.1. The summed E-state index contributed by atoms with van der Waals surface area (Å²) in [7, 11) is 0. The molecule has 25 heavy (non-hydrogen) atoms. The second-order valence-electron chi connectivity index (χ2n) is 6.25. The number of H-pyrrole nitrogens is 1. The molecule has 1 N–H and O–H groups in total. The van der Waals surface area contributed by atoms with Gasteiger partial charge in [-0.25, -0.2) is 4.98 Å². The van der Waals surface area contributed by atoms with Crippen LogP contribution in [0.5, 0.6) is 0 Å². The van der Waals surface area contributed by atoms with E-state index in [1.165, 1.54) is 23.0 Å². The Kier molecular flexibility index (Phi) is 4.25. The Bertz CT molecular complexity index is 943. The standard InChI is InChI=1S/C18H18ClN3O2S/c1-10-11(2)24-18(20-10)25-9-17(23)22-6-5-16-14(8-22)13-7-12(19)3-4-15(13)21-16/h3-4,7,21H,5-6,8-9H2,1-2H3. The molecule has 7 heteroatoms. The van der Waals surface area contributed by atoms with Gasteiger partial charge in [-0.05, 0) is 32.0 Å². The lowest BCUT2D eigenvalue weighted by Crippen LogP contribution is -2.36. The number of carbonyl (C=O) groups is 1. The topological polar surface area (TPSA) is 62.1 Å². The lowest BCUT2D eigenvalue weighted by Gasteiger charge is -2.27. The number of hydrogen-bond donors (Lipinski definition) is 1. The Hall–Kier alpha value is -1.92. The summed E-state index contributed by atoms with van der Waals surface area (Å²) in [6, 6.07) is 5.84. The summed E-state index contributed by atoms with van der Waals surface area (Å²) in [6.07, 6.45) is 0.829. The summed E-state index contributed by atoms with van der Waals surface area (Å²) < 4.78 is 5.53. The molecule has 0 saturated carbocycles. The van der Waals surface area contributed by atoms with E-state index >= 15 is 0 Å². The summed E-state index contributed by atoms with van der Waals surface area (Å²) in [5.41, 5.74) is 4.31. The van der Waals surface area contributed by atoms with Crippen molar-refractivity contribution < 1.29 is 9.21 Å². The summed E-state index contributed by atoms with van der Waals surface area (Å²) >= 11 is 7.48. The van der Waals surface area contributed by atoms with Crippen LogP contribution in [0.3, 0.4) is 0 Å². The number of aromatic nitrogens is 2. The number of carbonyl (C=O) groups excluding carboxylic acids is 1. The molecule has 0 bridgehead atoms.